The van der Waals surface area contributed by atoms with E-state index in [0.717, 1.165) is 19.3 Å². The van der Waals surface area contributed by atoms with Crippen molar-refractivity contribution in [3.05, 3.63) is 41.7 Å². The van der Waals surface area contributed by atoms with Crippen molar-refractivity contribution in [3.8, 4) is 5.75 Å². The summed E-state index contributed by atoms with van der Waals surface area (Å²) in [5.74, 6) is -1.17. The first kappa shape index (κ1) is 36.5. The van der Waals surface area contributed by atoms with Gasteiger partial charge in [-0.3, -0.25) is 4.57 Å². The summed E-state index contributed by atoms with van der Waals surface area (Å²) in [6.45, 7) is 2.75. The molecule has 208 valence electrons. The molecule has 1 rings (SSSR count). The van der Waals surface area contributed by atoms with E-state index < -0.39 is 29.4 Å². The van der Waals surface area contributed by atoms with Gasteiger partial charge in [-0.05, 0) is 36.6 Å². The van der Waals surface area contributed by atoms with E-state index in [1.165, 1.54) is 62.8 Å². The third-order valence-corrected chi connectivity index (χ3v) is 7.69. The van der Waals surface area contributed by atoms with Gasteiger partial charge >= 0.3 is 35.7 Å². The van der Waals surface area contributed by atoms with Crippen molar-refractivity contribution in [3.63, 3.8) is 0 Å². The molecule has 0 heterocycles. The van der Waals surface area contributed by atoms with Crippen LogP contribution < -0.4 is 39.2 Å². The van der Waals surface area contributed by atoms with Gasteiger partial charge in [0.25, 0.3) is 0 Å². The van der Waals surface area contributed by atoms with Crippen molar-refractivity contribution in [1.29, 1.82) is 0 Å². The van der Waals surface area contributed by atoms with Crippen molar-refractivity contribution in [2.75, 3.05) is 24.8 Å². The minimum atomic E-state index is -4.93. The standard InChI is InChI=1S/C25H40F3O6PS.Na/c1-3-4-5-6-7-8-9-10-11-12-20-36(31,32)21-19-33-23-16-13-22(14-17-23)15-18-24(25(26,27)28)34-35(2,29)30;/h13-14,16-18H,3-12,15,19-21H2,1-2H3,(H,29,30);/q;+1/p-1/b24-18-;. The average molecular weight is 579 g/mol. The van der Waals surface area contributed by atoms with E-state index in [1.807, 2.05) is 0 Å². The smallest absolute Gasteiger partial charge is 0.769 e. The zero-order valence-electron chi connectivity index (χ0n) is 22.2. The Labute approximate surface area is 242 Å². The van der Waals surface area contributed by atoms with E-state index in [2.05, 4.69) is 11.4 Å². The summed E-state index contributed by atoms with van der Waals surface area (Å²) in [7, 11) is -7.82. The molecule has 0 radical (unpaired) electrons. The predicted molar refractivity (Wildman–Crippen MR) is 135 cm³/mol. The number of hydrogen-bond donors (Lipinski definition) is 0. The molecule has 1 unspecified atom stereocenters. The van der Waals surface area contributed by atoms with Gasteiger partial charge in [0.1, 0.15) is 12.4 Å². The molecule has 37 heavy (non-hydrogen) atoms. The second kappa shape index (κ2) is 18.7. The van der Waals surface area contributed by atoms with Gasteiger partial charge in [0, 0.05) is 6.66 Å². The Morgan fingerprint density at radius 2 is 1.46 bits per heavy atom. The monoisotopic (exact) mass is 578 g/mol. The van der Waals surface area contributed by atoms with Crippen LogP contribution in [0.25, 0.3) is 0 Å². The van der Waals surface area contributed by atoms with Gasteiger partial charge in [-0.1, -0.05) is 76.8 Å². The fourth-order valence-electron chi connectivity index (χ4n) is 3.51. The molecular formula is C25H39F3NaO6PS. The first-order chi connectivity index (χ1) is 16.8. The molecule has 0 aliphatic carbocycles. The predicted octanol–water partition coefficient (Wildman–Crippen LogP) is 3.59. The maximum absolute atomic E-state index is 12.9. The number of halogens is 3. The van der Waals surface area contributed by atoms with Crippen LogP contribution in [0.15, 0.2) is 36.1 Å². The van der Waals surface area contributed by atoms with Gasteiger partial charge in [-0.25, -0.2) is 8.42 Å². The van der Waals surface area contributed by atoms with Gasteiger partial charge in [0.15, 0.2) is 17.4 Å². The minimum Gasteiger partial charge on any atom is -0.769 e. The second-order valence-corrected chi connectivity index (χ2v) is 13.0. The molecule has 6 nitrogen and oxygen atoms in total. The molecule has 0 saturated heterocycles. The number of unbranched alkanes of at least 4 members (excludes halogenated alkanes) is 9. The van der Waals surface area contributed by atoms with Gasteiger partial charge in [0.2, 0.25) is 5.76 Å². The van der Waals surface area contributed by atoms with Crippen LogP contribution >= 0.6 is 7.60 Å². The van der Waals surface area contributed by atoms with Crippen LogP contribution in [0.4, 0.5) is 13.2 Å². The van der Waals surface area contributed by atoms with Gasteiger partial charge in [-0.15, -0.1) is 0 Å². The SMILES string of the molecule is CCCCCCCCCCCCS(=O)(=O)CCOc1ccc(C/C=C(\OP(C)(=O)[O-])C(F)(F)F)cc1.[Na+]. The molecular weight excluding hydrogens is 539 g/mol. The molecule has 0 amide bonds. The summed E-state index contributed by atoms with van der Waals surface area (Å²) >= 11 is 0. The Morgan fingerprint density at radius 3 is 1.95 bits per heavy atom. The third kappa shape index (κ3) is 19.2. The number of allylic oxidation sites excluding steroid dienone is 2. The van der Waals surface area contributed by atoms with Crippen LogP contribution in [0, 0.1) is 0 Å². The van der Waals surface area contributed by atoms with E-state index in [0.29, 0.717) is 30.5 Å². The number of benzene rings is 1. The molecule has 12 heteroatoms. The molecule has 0 saturated carbocycles. The molecule has 1 aromatic carbocycles. The first-order valence-corrected chi connectivity index (χ1v) is 16.3. The number of rotatable bonds is 19. The molecule has 0 aliphatic rings. The van der Waals surface area contributed by atoms with Gasteiger partial charge in [0.05, 0.1) is 11.5 Å². The second-order valence-electron chi connectivity index (χ2n) is 8.96. The van der Waals surface area contributed by atoms with Gasteiger partial charge in [-0.2, -0.15) is 13.2 Å². The molecule has 1 aromatic rings. The summed E-state index contributed by atoms with van der Waals surface area (Å²) in [6, 6.07) is 6.07. The van der Waals surface area contributed by atoms with E-state index in [4.69, 9.17) is 4.74 Å². The van der Waals surface area contributed by atoms with Crippen LogP contribution in [0.1, 0.15) is 76.7 Å². The van der Waals surface area contributed by atoms with Gasteiger partial charge < -0.3 is 14.2 Å². The zero-order valence-corrected chi connectivity index (χ0v) is 25.9. The molecule has 1 atom stereocenters. The van der Waals surface area contributed by atoms with Crippen molar-refractivity contribution < 1.29 is 69.9 Å². The van der Waals surface area contributed by atoms with E-state index in [9.17, 15) is 31.0 Å². The van der Waals surface area contributed by atoms with E-state index in [1.54, 1.807) is 0 Å². The molecule has 0 bridgehead atoms. The summed E-state index contributed by atoms with van der Waals surface area (Å²) in [6.07, 6.45) is 6.82. The summed E-state index contributed by atoms with van der Waals surface area (Å²) in [5, 5.41) is 0. The van der Waals surface area contributed by atoms with E-state index >= 15 is 0 Å². The molecule has 0 N–H and O–H groups in total. The summed E-state index contributed by atoms with van der Waals surface area (Å²) in [5.41, 5.74) is 0.470. The maximum Gasteiger partial charge on any atom is 1.00 e. The van der Waals surface area contributed by atoms with E-state index in [-0.39, 0.29) is 54.1 Å². The van der Waals surface area contributed by atoms with Crippen molar-refractivity contribution >= 4 is 17.4 Å². The topological polar surface area (TPSA) is 92.7 Å². The number of hydrogen-bond acceptors (Lipinski definition) is 6. The number of sulfone groups is 1. The van der Waals surface area contributed by atoms with Crippen molar-refractivity contribution in [2.24, 2.45) is 0 Å². The third-order valence-electron chi connectivity index (χ3n) is 5.46. The average Bonchev–Trinajstić information content (AvgIpc) is 2.77. The maximum atomic E-state index is 12.9. The first-order valence-electron chi connectivity index (χ1n) is 12.5. The number of alkyl halides is 3. The van der Waals surface area contributed by atoms with Crippen molar-refractivity contribution in [2.45, 2.75) is 83.7 Å². The van der Waals surface area contributed by atoms with Crippen LogP contribution in [-0.4, -0.2) is 39.4 Å². The largest absolute Gasteiger partial charge is 1.00 e. The van der Waals surface area contributed by atoms with Crippen LogP contribution in [0.5, 0.6) is 5.75 Å². The number of ether oxygens (including phenoxy) is 1. The minimum absolute atomic E-state index is 0. The molecule has 0 aromatic heterocycles. The Kier molecular flexibility index (Phi) is 18.5. The molecule has 0 aliphatic heterocycles. The normalized spacial score (nSPS) is 14.1. The Bertz CT molecular complexity index is 931. The Morgan fingerprint density at radius 1 is 0.946 bits per heavy atom. The fraction of sp³-hybridized carbons (Fsp3) is 0.680. The van der Waals surface area contributed by atoms with Crippen LogP contribution in [0.3, 0.4) is 0 Å². The summed E-state index contributed by atoms with van der Waals surface area (Å²) in [4.78, 5) is 11.1. The van der Waals surface area contributed by atoms with Crippen molar-refractivity contribution in [1.82, 2.24) is 0 Å². The summed E-state index contributed by atoms with van der Waals surface area (Å²) < 4.78 is 83.8. The van der Waals surface area contributed by atoms with Crippen LogP contribution in [0.2, 0.25) is 0 Å². The fourth-order valence-corrected chi connectivity index (χ4v) is 5.23. The quantitative estimate of drug-likeness (QED) is 0.108. The molecule has 0 fully saturated rings. The Balaban J connectivity index is 0.0000130. The molecule has 0 spiro atoms. The van der Waals surface area contributed by atoms with Crippen LogP contribution in [-0.2, 0) is 25.3 Å². The Hall–Kier alpha value is -0.510. The zero-order chi connectivity index (χ0) is 27.1.